The Hall–Kier alpha value is -1.08. The molecule has 1 saturated carbocycles. The van der Waals surface area contributed by atoms with Crippen LogP contribution < -0.4 is 0 Å². The minimum Gasteiger partial charge on any atom is -0.381 e. The van der Waals surface area contributed by atoms with Gasteiger partial charge in [0.05, 0.1) is 0 Å². The standard InChI is InChI=1S/C16H20O/c17-16(11-2-1-3-12-16)15-9-7-14(8-10-15)13-5-4-6-13/h2,7-11,13,17H,1,3-6,12H2. The van der Waals surface area contributed by atoms with E-state index in [0.29, 0.717) is 0 Å². The number of benzene rings is 1. The summed E-state index contributed by atoms with van der Waals surface area (Å²) in [5.74, 6) is 0.778. The summed E-state index contributed by atoms with van der Waals surface area (Å²) in [6.45, 7) is 0. The Labute approximate surface area is 103 Å². The van der Waals surface area contributed by atoms with Crippen LogP contribution in [-0.4, -0.2) is 5.11 Å². The first-order chi connectivity index (χ1) is 8.28. The minimum atomic E-state index is -0.712. The Balaban J connectivity index is 1.83. The molecule has 0 aliphatic heterocycles. The molecule has 1 heteroatoms. The van der Waals surface area contributed by atoms with Crippen LogP contribution in [0.2, 0.25) is 0 Å². The normalized spacial score (nSPS) is 29.0. The maximum absolute atomic E-state index is 10.6. The van der Waals surface area contributed by atoms with Gasteiger partial charge in [-0.1, -0.05) is 42.8 Å². The third-order valence-electron chi connectivity index (χ3n) is 4.31. The second kappa shape index (κ2) is 4.30. The van der Waals surface area contributed by atoms with Gasteiger partial charge < -0.3 is 5.11 Å². The van der Waals surface area contributed by atoms with Gasteiger partial charge in [0.2, 0.25) is 0 Å². The highest BCUT2D eigenvalue weighted by molar-refractivity contribution is 5.33. The highest BCUT2D eigenvalue weighted by Gasteiger charge is 2.28. The molecule has 2 aliphatic carbocycles. The quantitative estimate of drug-likeness (QED) is 0.762. The maximum Gasteiger partial charge on any atom is 0.108 e. The second-order valence-electron chi connectivity index (χ2n) is 5.47. The van der Waals surface area contributed by atoms with E-state index in [1.807, 2.05) is 6.08 Å². The van der Waals surface area contributed by atoms with Crippen molar-refractivity contribution < 1.29 is 5.11 Å². The molecule has 0 aromatic heterocycles. The summed E-state index contributed by atoms with van der Waals surface area (Å²) in [5.41, 5.74) is 1.79. The van der Waals surface area contributed by atoms with Gasteiger partial charge in [-0.2, -0.15) is 0 Å². The summed E-state index contributed by atoms with van der Waals surface area (Å²) in [6, 6.07) is 8.64. The summed E-state index contributed by atoms with van der Waals surface area (Å²) in [7, 11) is 0. The van der Waals surface area contributed by atoms with Crippen molar-refractivity contribution in [3.8, 4) is 0 Å². The van der Waals surface area contributed by atoms with Crippen LogP contribution in [0.3, 0.4) is 0 Å². The average molecular weight is 228 g/mol. The first-order valence-electron chi connectivity index (χ1n) is 6.78. The lowest BCUT2D eigenvalue weighted by Crippen LogP contribution is -2.24. The van der Waals surface area contributed by atoms with E-state index in [1.54, 1.807) is 0 Å². The third-order valence-corrected chi connectivity index (χ3v) is 4.31. The van der Waals surface area contributed by atoms with Crippen molar-refractivity contribution in [3.05, 3.63) is 47.5 Å². The first-order valence-corrected chi connectivity index (χ1v) is 6.78. The first kappa shape index (κ1) is 11.0. The van der Waals surface area contributed by atoms with Crippen molar-refractivity contribution in [3.63, 3.8) is 0 Å². The van der Waals surface area contributed by atoms with Gasteiger partial charge in [-0.25, -0.2) is 0 Å². The van der Waals surface area contributed by atoms with Crippen LogP contribution in [0.5, 0.6) is 0 Å². The lowest BCUT2D eigenvalue weighted by atomic mass is 9.78. The van der Waals surface area contributed by atoms with E-state index in [4.69, 9.17) is 0 Å². The summed E-state index contributed by atoms with van der Waals surface area (Å²) in [6.07, 6.45) is 11.1. The van der Waals surface area contributed by atoms with Gasteiger partial charge in [-0.15, -0.1) is 0 Å². The van der Waals surface area contributed by atoms with Crippen LogP contribution in [0.15, 0.2) is 36.4 Å². The molecule has 1 atom stereocenters. The van der Waals surface area contributed by atoms with Crippen molar-refractivity contribution in [1.82, 2.24) is 0 Å². The number of aliphatic hydroxyl groups is 1. The van der Waals surface area contributed by atoms with Crippen LogP contribution in [-0.2, 0) is 5.60 Å². The molecular weight excluding hydrogens is 208 g/mol. The molecule has 1 fully saturated rings. The molecule has 0 heterocycles. The highest BCUT2D eigenvalue weighted by Crippen LogP contribution is 2.38. The molecule has 0 saturated heterocycles. The zero-order valence-electron chi connectivity index (χ0n) is 10.2. The van der Waals surface area contributed by atoms with Gasteiger partial charge in [-0.3, -0.25) is 0 Å². The smallest absolute Gasteiger partial charge is 0.108 e. The fourth-order valence-electron chi connectivity index (χ4n) is 2.88. The molecule has 90 valence electrons. The Morgan fingerprint density at radius 2 is 1.82 bits per heavy atom. The summed E-state index contributed by atoms with van der Waals surface area (Å²) >= 11 is 0. The van der Waals surface area contributed by atoms with Crippen molar-refractivity contribution in [2.24, 2.45) is 0 Å². The number of hydrogen-bond acceptors (Lipinski definition) is 1. The Morgan fingerprint density at radius 1 is 1.06 bits per heavy atom. The molecule has 0 spiro atoms. The van der Waals surface area contributed by atoms with Gasteiger partial charge in [0.15, 0.2) is 0 Å². The second-order valence-corrected chi connectivity index (χ2v) is 5.47. The lowest BCUT2D eigenvalue weighted by Gasteiger charge is -2.30. The third kappa shape index (κ3) is 2.04. The molecule has 1 N–H and O–H groups in total. The van der Waals surface area contributed by atoms with Gasteiger partial charge >= 0.3 is 0 Å². The number of hydrogen-bond donors (Lipinski definition) is 1. The molecular formula is C16H20O. The lowest BCUT2D eigenvalue weighted by molar-refractivity contribution is 0.0726. The van der Waals surface area contributed by atoms with Crippen LogP contribution in [0.1, 0.15) is 55.6 Å². The van der Waals surface area contributed by atoms with Crippen LogP contribution in [0, 0.1) is 0 Å². The fraction of sp³-hybridized carbons (Fsp3) is 0.500. The maximum atomic E-state index is 10.6. The predicted octanol–water partition coefficient (Wildman–Crippen LogP) is 3.88. The molecule has 0 radical (unpaired) electrons. The molecule has 2 aliphatic rings. The SMILES string of the molecule is OC1(c2ccc(C3CCC3)cc2)C=CCCC1. The molecule has 0 amide bonds. The van der Waals surface area contributed by atoms with E-state index in [0.717, 1.165) is 30.7 Å². The molecule has 1 nitrogen and oxygen atoms in total. The molecule has 1 aromatic carbocycles. The minimum absolute atomic E-state index is 0.712. The van der Waals surface area contributed by atoms with Crippen molar-refractivity contribution in [2.75, 3.05) is 0 Å². The summed E-state index contributed by atoms with van der Waals surface area (Å²) < 4.78 is 0. The Kier molecular flexibility index (Phi) is 2.79. The largest absolute Gasteiger partial charge is 0.381 e. The van der Waals surface area contributed by atoms with Crippen LogP contribution in [0.4, 0.5) is 0 Å². The van der Waals surface area contributed by atoms with E-state index in [9.17, 15) is 5.11 Å². The van der Waals surface area contributed by atoms with E-state index >= 15 is 0 Å². The fourth-order valence-corrected chi connectivity index (χ4v) is 2.88. The van der Waals surface area contributed by atoms with E-state index in [1.165, 1.54) is 24.8 Å². The molecule has 1 unspecified atom stereocenters. The van der Waals surface area contributed by atoms with Gasteiger partial charge in [-0.05, 0) is 49.1 Å². The Morgan fingerprint density at radius 3 is 2.35 bits per heavy atom. The zero-order chi connectivity index (χ0) is 11.7. The van der Waals surface area contributed by atoms with Gasteiger partial charge in [0.25, 0.3) is 0 Å². The van der Waals surface area contributed by atoms with Gasteiger partial charge in [0, 0.05) is 0 Å². The van der Waals surface area contributed by atoms with E-state index in [-0.39, 0.29) is 0 Å². The molecule has 3 rings (SSSR count). The summed E-state index contributed by atoms with van der Waals surface area (Å²) in [4.78, 5) is 0. The van der Waals surface area contributed by atoms with E-state index in [2.05, 4.69) is 30.3 Å². The van der Waals surface area contributed by atoms with Crippen LogP contribution in [0.25, 0.3) is 0 Å². The van der Waals surface area contributed by atoms with E-state index < -0.39 is 5.60 Å². The topological polar surface area (TPSA) is 20.2 Å². The zero-order valence-corrected chi connectivity index (χ0v) is 10.2. The van der Waals surface area contributed by atoms with Crippen molar-refractivity contribution in [1.29, 1.82) is 0 Å². The molecule has 1 aromatic rings. The van der Waals surface area contributed by atoms with Gasteiger partial charge in [0.1, 0.15) is 5.60 Å². The average Bonchev–Trinajstić information content (AvgIpc) is 2.28. The van der Waals surface area contributed by atoms with Crippen LogP contribution >= 0.6 is 0 Å². The number of allylic oxidation sites excluding steroid dienone is 1. The Bertz CT molecular complexity index is 414. The highest BCUT2D eigenvalue weighted by atomic mass is 16.3. The summed E-state index contributed by atoms with van der Waals surface area (Å²) in [5, 5.41) is 10.6. The number of rotatable bonds is 2. The molecule has 17 heavy (non-hydrogen) atoms. The van der Waals surface area contributed by atoms with Crippen molar-refractivity contribution in [2.45, 2.75) is 50.0 Å². The predicted molar refractivity (Wildman–Crippen MR) is 69.9 cm³/mol. The molecule has 0 bridgehead atoms. The van der Waals surface area contributed by atoms with Crippen molar-refractivity contribution >= 4 is 0 Å². The monoisotopic (exact) mass is 228 g/mol.